The van der Waals surface area contributed by atoms with Crippen molar-refractivity contribution >= 4 is 44.8 Å². The van der Waals surface area contributed by atoms with Crippen molar-refractivity contribution in [2.45, 2.75) is 35.5 Å². The van der Waals surface area contributed by atoms with E-state index in [0.29, 0.717) is 9.79 Å². The van der Waals surface area contributed by atoms with E-state index in [-0.39, 0.29) is 35.0 Å². The minimum Gasteiger partial charge on any atom is -0.323 e. The molecule has 0 aromatic heterocycles. The molecule has 0 radical (unpaired) electrons. The standard InChI is InChI=1S/C20H18F2N2O2S2/c21-15-9-13(5-7-17(15)23-19(25)11-1-2-11)27-28-14-6-8-18(16(22)10-14)24-20(26)12-3-4-12/h5-12H,1-4H2,(H,23,25)(H,24,26). The van der Waals surface area contributed by atoms with Crippen LogP contribution in [-0.2, 0) is 9.59 Å². The lowest BCUT2D eigenvalue weighted by Crippen LogP contribution is -2.14. The predicted molar refractivity (Wildman–Crippen MR) is 107 cm³/mol. The smallest absolute Gasteiger partial charge is 0.227 e. The van der Waals surface area contributed by atoms with Crippen LogP contribution in [0.1, 0.15) is 25.7 Å². The summed E-state index contributed by atoms with van der Waals surface area (Å²) in [4.78, 5) is 24.8. The maximum atomic E-state index is 14.2. The number of hydrogen-bond acceptors (Lipinski definition) is 4. The second-order valence-corrected chi connectivity index (χ2v) is 9.25. The van der Waals surface area contributed by atoms with E-state index in [1.165, 1.54) is 45.9 Å². The molecule has 0 spiro atoms. The molecule has 0 bridgehead atoms. The Labute approximate surface area is 169 Å². The summed E-state index contributed by atoms with van der Waals surface area (Å²) in [6.45, 7) is 0. The predicted octanol–water partition coefficient (Wildman–Crippen LogP) is 5.46. The lowest BCUT2D eigenvalue weighted by Gasteiger charge is -2.09. The highest BCUT2D eigenvalue weighted by molar-refractivity contribution is 8.76. The maximum Gasteiger partial charge on any atom is 0.227 e. The summed E-state index contributed by atoms with van der Waals surface area (Å²) in [5, 5.41) is 5.20. The van der Waals surface area contributed by atoms with Gasteiger partial charge in [0.1, 0.15) is 11.6 Å². The topological polar surface area (TPSA) is 58.2 Å². The number of hydrogen-bond donors (Lipinski definition) is 2. The normalized spacial score (nSPS) is 15.9. The van der Waals surface area contributed by atoms with Gasteiger partial charge in [-0.2, -0.15) is 0 Å². The fourth-order valence-electron chi connectivity index (χ4n) is 2.55. The van der Waals surface area contributed by atoms with Crippen LogP contribution in [0.2, 0.25) is 0 Å². The molecule has 2 N–H and O–H groups in total. The van der Waals surface area contributed by atoms with Crippen molar-refractivity contribution < 1.29 is 18.4 Å². The lowest BCUT2D eigenvalue weighted by atomic mass is 10.3. The molecular formula is C20H18F2N2O2S2. The van der Waals surface area contributed by atoms with Gasteiger partial charge < -0.3 is 10.6 Å². The summed E-state index contributed by atoms with van der Waals surface area (Å²) < 4.78 is 28.4. The zero-order chi connectivity index (χ0) is 19.7. The number of anilines is 2. The Morgan fingerprint density at radius 3 is 1.46 bits per heavy atom. The first-order valence-corrected chi connectivity index (χ1v) is 11.2. The minimum absolute atomic E-state index is 0.0101. The number of rotatable bonds is 7. The van der Waals surface area contributed by atoms with Gasteiger partial charge in [0.15, 0.2) is 0 Å². The van der Waals surface area contributed by atoms with Gasteiger partial charge >= 0.3 is 0 Å². The first kappa shape index (κ1) is 19.3. The van der Waals surface area contributed by atoms with E-state index in [2.05, 4.69) is 10.6 Å². The number of carbonyl (C=O) groups is 2. The maximum absolute atomic E-state index is 14.2. The number of carbonyl (C=O) groups excluding carboxylic acids is 2. The van der Waals surface area contributed by atoms with Crippen LogP contribution in [0.5, 0.6) is 0 Å². The average molecular weight is 421 g/mol. The fraction of sp³-hybridized carbons (Fsp3) is 0.300. The van der Waals surface area contributed by atoms with Gasteiger partial charge in [-0.15, -0.1) is 0 Å². The summed E-state index contributed by atoms with van der Waals surface area (Å²) in [5.41, 5.74) is 0.348. The van der Waals surface area contributed by atoms with Crippen LogP contribution < -0.4 is 10.6 Å². The Hall–Kier alpha value is -2.06. The molecular weight excluding hydrogens is 402 g/mol. The fourth-order valence-corrected chi connectivity index (χ4v) is 4.50. The van der Waals surface area contributed by atoms with Crippen molar-refractivity contribution in [3.8, 4) is 0 Å². The van der Waals surface area contributed by atoms with Crippen LogP contribution >= 0.6 is 21.6 Å². The van der Waals surface area contributed by atoms with Crippen molar-refractivity contribution in [2.24, 2.45) is 11.8 Å². The van der Waals surface area contributed by atoms with E-state index in [0.717, 1.165) is 25.7 Å². The third kappa shape index (κ3) is 4.86. The molecule has 2 aliphatic carbocycles. The highest BCUT2D eigenvalue weighted by Crippen LogP contribution is 2.40. The SMILES string of the molecule is O=C(Nc1ccc(SSc2ccc(NC(=O)C3CC3)c(F)c2)cc1F)C1CC1. The van der Waals surface area contributed by atoms with Crippen molar-refractivity contribution in [3.05, 3.63) is 48.0 Å². The Morgan fingerprint density at radius 2 is 1.14 bits per heavy atom. The average Bonchev–Trinajstić information content (AvgIpc) is 3.56. The van der Waals surface area contributed by atoms with Crippen LogP contribution in [-0.4, -0.2) is 11.8 Å². The molecule has 2 aromatic rings. The van der Waals surface area contributed by atoms with Gasteiger partial charge in [0.05, 0.1) is 11.4 Å². The number of benzene rings is 2. The highest BCUT2D eigenvalue weighted by Gasteiger charge is 2.30. The molecule has 0 saturated heterocycles. The van der Waals surface area contributed by atoms with Crippen LogP contribution in [0.3, 0.4) is 0 Å². The summed E-state index contributed by atoms with van der Waals surface area (Å²) in [7, 11) is 2.57. The summed E-state index contributed by atoms with van der Waals surface area (Å²) in [6, 6.07) is 9.19. The molecule has 0 unspecified atom stereocenters. The molecule has 2 saturated carbocycles. The molecule has 2 amide bonds. The Bertz CT molecular complexity index is 855. The zero-order valence-corrected chi connectivity index (χ0v) is 16.5. The molecule has 0 atom stereocenters. The van der Waals surface area contributed by atoms with E-state index < -0.39 is 11.6 Å². The quantitative estimate of drug-likeness (QED) is 0.584. The van der Waals surface area contributed by atoms with Crippen LogP contribution in [0.25, 0.3) is 0 Å². The second kappa shape index (κ2) is 8.13. The summed E-state index contributed by atoms with van der Waals surface area (Å²) in [6.07, 6.45) is 3.44. The van der Waals surface area contributed by atoms with Gasteiger partial charge in [0, 0.05) is 21.6 Å². The Kier molecular flexibility index (Phi) is 5.59. The van der Waals surface area contributed by atoms with Crippen molar-refractivity contribution in [2.75, 3.05) is 10.6 Å². The highest BCUT2D eigenvalue weighted by atomic mass is 33.1. The van der Waals surface area contributed by atoms with Gasteiger partial charge in [0.2, 0.25) is 11.8 Å². The van der Waals surface area contributed by atoms with Gasteiger partial charge in [-0.25, -0.2) is 8.78 Å². The van der Waals surface area contributed by atoms with E-state index in [4.69, 9.17) is 0 Å². The number of amides is 2. The molecule has 0 heterocycles. The summed E-state index contributed by atoms with van der Waals surface area (Å²) >= 11 is 0. The van der Waals surface area contributed by atoms with E-state index in [9.17, 15) is 18.4 Å². The number of halogens is 2. The second-order valence-electron chi connectivity index (χ2n) is 6.98. The molecule has 2 fully saturated rings. The summed E-state index contributed by atoms with van der Waals surface area (Å²) in [5.74, 6) is -1.25. The zero-order valence-electron chi connectivity index (χ0n) is 14.8. The molecule has 8 heteroatoms. The Balaban J connectivity index is 1.34. The third-order valence-electron chi connectivity index (χ3n) is 4.53. The van der Waals surface area contributed by atoms with E-state index in [1.54, 1.807) is 12.1 Å². The third-order valence-corrected chi connectivity index (χ3v) is 6.91. The van der Waals surface area contributed by atoms with Gasteiger partial charge in [-0.05, 0) is 62.1 Å². The monoisotopic (exact) mass is 420 g/mol. The molecule has 2 aromatic carbocycles. The molecule has 28 heavy (non-hydrogen) atoms. The van der Waals surface area contributed by atoms with Gasteiger partial charge in [-0.3, -0.25) is 9.59 Å². The first-order chi connectivity index (χ1) is 13.5. The van der Waals surface area contributed by atoms with Crippen LogP contribution in [0.4, 0.5) is 20.2 Å². The lowest BCUT2D eigenvalue weighted by molar-refractivity contribution is -0.118. The van der Waals surface area contributed by atoms with Gasteiger partial charge in [-0.1, -0.05) is 21.6 Å². The molecule has 146 valence electrons. The van der Waals surface area contributed by atoms with Crippen LogP contribution in [0, 0.1) is 23.5 Å². The minimum atomic E-state index is -0.496. The first-order valence-electron chi connectivity index (χ1n) is 9.05. The van der Waals surface area contributed by atoms with Crippen LogP contribution in [0.15, 0.2) is 46.2 Å². The van der Waals surface area contributed by atoms with E-state index >= 15 is 0 Å². The van der Waals surface area contributed by atoms with Gasteiger partial charge in [0.25, 0.3) is 0 Å². The molecule has 4 rings (SSSR count). The molecule has 4 nitrogen and oxygen atoms in total. The molecule has 0 aliphatic heterocycles. The van der Waals surface area contributed by atoms with E-state index in [1.807, 2.05) is 0 Å². The van der Waals surface area contributed by atoms with Crippen molar-refractivity contribution in [1.29, 1.82) is 0 Å². The Morgan fingerprint density at radius 1 is 0.750 bits per heavy atom. The largest absolute Gasteiger partial charge is 0.323 e. The molecule has 2 aliphatic rings. The van der Waals surface area contributed by atoms with Crippen molar-refractivity contribution in [1.82, 2.24) is 0 Å². The van der Waals surface area contributed by atoms with Crippen molar-refractivity contribution in [3.63, 3.8) is 0 Å². The number of nitrogens with one attached hydrogen (secondary N) is 2.